The van der Waals surface area contributed by atoms with Gasteiger partial charge in [-0.3, -0.25) is 19.3 Å². The van der Waals surface area contributed by atoms with Crippen LogP contribution in [0.4, 0.5) is 0 Å². The van der Waals surface area contributed by atoms with Gasteiger partial charge in [0, 0.05) is 31.7 Å². The standard InChI is InChI=1S/C20H26N4O2/c1-4-24-18(12-17(22-24)14(2)3)20(26)23-11-7-8-15(13-23)19(25)16-9-5-6-10-21-16/h5-6,9-10,12,14-15H,4,7-8,11,13H2,1-3H3/t15-/m0/s1. The Bertz CT molecular complexity index is 782. The van der Waals surface area contributed by atoms with Gasteiger partial charge in [0.05, 0.1) is 5.69 Å². The number of piperidine rings is 1. The maximum Gasteiger partial charge on any atom is 0.272 e. The summed E-state index contributed by atoms with van der Waals surface area (Å²) < 4.78 is 1.77. The van der Waals surface area contributed by atoms with Gasteiger partial charge in [-0.1, -0.05) is 19.9 Å². The molecule has 1 aliphatic heterocycles. The third-order valence-electron chi connectivity index (χ3n) is 4.91. The molecule has 3 heterocycles. The molecule has 0 unspecified atom stereocenters. The lowest BCUT2D eigenvalue weighted by molar-refractivity contribution is 0.0625. The average Bonchev–Trinajstić information content (AvgIpc) is 3.12. The minimum atomic E-state index is -0.190. The molecule has 3 rings (SSSR count). The smallest absolute Gasteiger partial charge is 0.272 e. The molecule has 0 aromatic carbocycles. The van der Waals surface area contributed by atoms with E-state index in [0.29, 0.717) is 31.0 Å². The summed E-state index contributed by atoms with van der Waals surface area (Å²) in [7, 11) is 0. The van der Waals surface area contributed by atoms with Crippen molar-refractivity contribution in [1.82, 2.24) is 19.7 Å². The van der Waals surface area contributed by atoms with Gasteiger partial charge in [0.2, 0.25) is 0 Å². The summed E-state index contributed by atoms with van der Waals surface area (Å²) in [5.41, 5.74) is 2.02. The van der Waals surface area contributed by atoms with Crippen molar-refractivity contribution >= 4 is 11.7 Å². The highest BCUT2D eigenvalue weighted by Gasteiger charge is 2.31. The Balaban J connectivity index is 1.77. The molecule has 2 aromatic rings. The zero-order valence-electron chi connectivity index (χ0n) is 15.7. The number of hydrogen-bond acceptors (Lipinski definition) is 4. The Morgan fingerprint density at radius 1 is 1.31 bits per heavy atom. The zero-order valence-corrected chi connectivity index (χ0v) is 15.7. The van der Waals surface area contributed by atoms with Gasteiger partial charge in [-0.25, -0.2) is 0 Å². The maximum absolute atomic E-state index is 13.1. The predicted octanol–water partition coefficient (Wildman–Crippen LogP) is 3.16. The van der Waals surface area contributed by atoms with Crippen LogP contribution in [0.15, 0.2) is 30.5 Å². The highest BCUT2D eigenvalue weighted by Crippen LogP contribution is 2.23. The van der Waals surface area contributed by atoms with Gasteiger partial charge in [-0.15, -0.1) is 0 Å². The van der Waals surface area contributed by atoms with Crippen molar-refractivity contribution in [1.29, 1.82) is 0 Å². The molecule has 0 aliphatic carbocycles. The van der Waals surface area contributed by atoms with Gasteiger partial charge in [0.1, 0.15) is 11.4 Å². The van der Waals surface area contributed by atoms with Crippen LogP contribution < -0.4 is 0 Å². The molecule has 1 atom stereocenters. The number of likely N-dealkylation sites (tertiary alicyclic amines) is 1. The summed E-state index contributed by atoms with van der Waals surface area (Å²) >= 11 is 0. The number of amides is 1. The van der Waals surface area contributed by atoms with E-state index in [1.807, 2.05) is 19.1 Å². The van der Waals surface area contributed by atoms with E-state index >= 15 is 0 Å². The maximum atomic E-state index is 13.1. The van der Waals surface area contributed by atoms with E-state index in [-0.39, 0.29) is 23.5 Å². The largest absolute Gasteiger partial charge is 0.337 e. The second-order valence-corrected chi connectivity index (χ2v) is 7.09. The molecule has 0 N–H and O–H groups in total. The van der Waals surface area contributed by atoms with E-state index < -0.39 is 0 Å². The van der Waals surface area contributed by atoms with Gasteiger partial charge in [-0.2, -0.15) is 5.10 Å². The third-order valence-corrected chi connectivity index (χ3v) is 4.91. The first-order valence-electron chi connectivity index (χ1n) is 9.33. The van der Waals surface area contributed by atoms with E-state index in [0.717, 1.165) is 18.5 Å². The normalized spacial score (nSPS) is 17.5. The summed E-state index contributed by atoms with van der Waals surface area (Å²) in [4.78, 5) is 31.7. The Morgan fingerprint density at radius 3 is 2.77 bits per heavy atom. The molecular weight excluding hydrogens is 328 g/mol. The van der Waals surface area contributed by atoms with Gasteiger partial charge in [-0.05, 0) is 43.9 Å². The fourth-order valence-electron chi connectivity index (χ4n) is 3.39. The van der Waals surface area contributed by atoms with E-state index in [2.05, 4.69) is 23.9 Å². The first kappa shape index (κ1) is 18.3. The second kappa shape index (κ2) is 7.81. The van der Waals surface area contributed by atoms with E-state index in [1.54, 1.807) is 27.9 Å². The molecule has 0 radical (unpaired) electrons. The molecule has 0 bridgehead atoms. The van der Waals surface area contributed by atoms with Crippen LogP contribution in [0.3, 0.4) is 0 Å². The van der Waals surface area contributed by atoms with Crippen LogP contribution in [0.5, 0.6) is 0 Å². The van der Waals surface area contributed by atoms with Crippen molar-refractivity contribution in [3.63, 3.8) is 0 Å². The van der Waals surface area contributed by atoms with Gasteiger partial charge in [0.15, 0.2) is 5.78 Å². The fraction of sp³-hybridized carbons (Fsp3) is 0.500. The second-order valence-electron chi connectivity index (χ2n) is 7.09. The molecule has 6 heteroatoms. The van der Waals surface area contributed by atoms with Gasteiger partial charge in [0.25, 0.3) is 5.91 Å². The molecule has 1 saturated heterocycles. The van der Waals surface area contributed by atoms with Crippen molar-refractivity contribution in [2.24, 2.45) is 5.92 Å². The van der Waals surface area contributed by atoms with Crippen molar-refractivity contribution in [3.05, 3.63) is 47.5 Å². The van der Waals surface area contributed by atoms with Crippen molar-refractivity contribution < 1.29 is 9.59 Å². The molecule has 138 valence electrons. The number of Topliss-reactive ketones (excluding diaryl/α,β-unsaturated/α-hetero) is 1. The lowest BCUT2D eigenvalue weighted by Gasteiger charge is -2.31. The Kier molecular flexibility index (Phi) is 5.49. The number of nitrogens with zero attached hydrogens (tertiary/aromatic N) is 4. The minimum absolute atomic E-state index is 0.0231. The lowest BCUT2D eigenvalue weighted by Crippen LogP contribution is -2.43. The fourth-order valence-corrected chi connectivity index (χ4v) is 3.39. The topological polar surface area (TPSA) is 68.1 Å². The molecule has 6 nitrogen and oxygen atoms in total. The quantitative estimate of drug-likeness (QED) is 0.774. The van der Waals surface area contributed by atoms with Crippen LogP contribution in [-0.4, -0.2) is 44.4 Å². The highest BCUT2D eigenvalue weighted by atomic mass is 16.2. The van der Waals surface area contributed by atoms with Crippen molar-refractivity contribution in [2.75, 3.05) is 13.1 Å². The van der Waals surface area contributed by atoms with Gasteiger partial charge >= 0.3 is 0 Å². The number of aromatic nitrogens is 3. The number of ketones is 1. The Labute approximate surface area is 154 Å². The zero-order chi connectivity index (χ0) is 18.7. The Morgan fingerprint density at radius 2 is 2.12 bits per heavy atom. The predicted molar refractivity (Wildman–Crippen MR) is 99.2 cm³/mol. The molecule has 2 aromatic heterocycles. The van der Waals surface area contributed by atoms with Crippen LogP contribution in [0.2, 0.25) is 0 Å². The average molecular weight is 354 g/mol. The van der Waals surface area contributed by atoms with Crippen LogP contribution in [0.1, 0.15) is 66.2 Å². The van der Waals surface area contributed by atoms with E-state index in [9.17, 15) is 9.59 Å². The summed E-state index contributed by atoms with van der Waals surface area (Å²) in [5, 5.41) is 4.54. The number of aryl methyl sites for hydroxylation is 1. The Hall–Kier alpha value is -2.50. The highest BCUT2D eigenvalue weighted by molar-refractivity contribution is 5.97. The van der Waals surface area contributed by atoms with Crippen LogP contribution in [-0.2, 0) is 6.54 Å². The molecular formula is C20H26N4O2. The summed E-state index contributed by atoms with van der Waals surface area (Å²) in [6, 6.07) is 7.25. The van der Waals surface area contributed by atoms with Crippen molar-refractivity contribution in [2.45, 2.75) is 46.1 Å². The van der Waals surface area contributed by atoms with Crippen LogP contribution in [0.25, 0.3) is 0 Å². The minimum Gasteiger partial charge on any atom is -0.337 e. The molecule has 0 saturated carbocycles. The molecule has 26 heavy (non-hydrogen) atoms. The number of hydrogen-bond donors (Lipinski definition) is 0. The van der Waals surface area contributed by atoms with Gasteiger partial charge < -0.3 is 4.90 Å². The SMILES string of the molecule is CCn1nc(C(C)C)cc1C(=O)N1CCC[C@H](C(=O)c2ccccn2)C1. The summed E-state index contributed by atoms with van der Waals surface area (Å²) in [6.45, 7) is 7.89. The first-order chi connectivity index (χ1) is 12.5. The van der Waals surface area contributed by atoms with Crippen LogP contribution >= 0.6 is 0 Å². The van der Waals surface area contributed by atoms with Crippen LogP contribution in [0, 0.1) is 5.92 Å². The van der Waals surface area contributed by atoms with Crippen molar-refractivity contribution in [3.8, 4) is 0 Å². The molecule has 1 fully saturated rings. The molecule has 0 spiro atoms. The molecule has 1 aliphatic rings. The lowest BCUT2D eigenvalue weighted by atomic mass is 9.91. The van der Waals surface area contributed by atoms with E-state index in [1.165, 1.54) is 0 Å². The summed E-state index contributed by atoms with van der Waals surface area (Å²) in [5.74, 6) is 0.0686. The number of pyridine rings is 1. The number of carbonyl (C=O) groups excluding carboxylic acids is 2. The summed E-state index contributed by atoms with van der Waals surface area (Å²) in [6.07, 6.45) is 3.25. The van der Waals surface area contributed by atoms with E-state index in [4.69, 9.17) is 0 Å². The first-order valence-corrected chi connectivity index (χ1v) is 9.33. The number of rotatable bonds is 5. The molecule has 1 amide bonds. The number of carbonyl (C=O) groups is 2. The third kappa shape index (κ3) is 3.69. The monoisotopic (exact) mass is 354 g/mol.